The molecule has 2 rings (SSSR count). The van der Waals surface area contributed by atoms with Crippen LogP contribution in [0.15, 0.2) is 53.5 Å². The minimum Gasteiger partial charge on any atom is -0.410 e. The van der Waals surface area contributed by atoms with E-state index < -0.39 is 6.09 Å². The van der Waals surface area contributed by atoms with Crippen LogP contribution in [0.1, 0.15) is 5.56 Å². The van der Waals surface area contributed by atoms with Crippen LogP contribution in [0.3, 0.4) is 0 Å². The summed E-state index contributed by atoms with van der Waals surface area (Å²) in [6, 6.07) is 13.7. The van der Waals surface area contributed by atoms with Crippen molar-refractivity contribution in [3.8, 4) is 5.75 Å². The fourth-order valence-electron chi connectivity index (χ4n) is 1.60. The lowest BCUT2D eigenvalue weighted by atomic mass is 10.2. The van der Waals surface area contributed by atoms with Crippen molar-refractivity contribution in [1.29, 1.82) is 0 Å². The van der Waals surface area contributed by atoms with E-state index in [1.54, 1.807) is 42.5 Å². The normalized spacial score (nSPS) is 9.45. The second-order valence-electron chi connectivity index (χ2n) is 4.03. The second kappa shape index (κ2) is 6.31. The molecule has 0 saturated carbocycles. The van der Waals surface area contributed by atoms with Crippen molar-refractivity contribution in [3.63, 3.8) is 0 Å². The Kier molecular flexibility index (Phi) is 4.27. The first-order valence-electron chi connectivity index (χ1n) is 5.91. The summed E-state index contributed by atoms with van der Waals surface area (Å²) < 4.78 is 5.09. The number of anilines is 1. The molecule has 100 valence electrons. The predicted molar refractivity (Wildman–Crippen MR) is 75.0 cm³/mol. The molecule has 0 aromatic heterocycles. The third-order valence-electron chi connectivity index (χ3n) is 2.58. The predicted octanol–water partition coefficient (Wildman–Crippen LogP) is 3.57. The molecule has 0 radical (unpaired) electrons. The molecule has 0 aliphatic heterocycles. The van der Waals surface area contributed by atoms with Crippen molar-refractivity contribution in [2.45, 2.75) is 6.92 Å². The number of benzene rings is 2. The SMILES string of the molecule is Cc1ccc(NC(=O)Oc2ccccc2)cc1N=C=O. The summed E-state index contributed by atoms with van der Waals surface area (Å²) in [5, 5.41) is 2.57. The molecule has 1 amide bonds. The molecule has 2 aromatic carbocycles. The number of rotatable bonds is 3. The Morgan fingerprint density at radius 1 is 1.20 bits per heavy atom. The molecule has 0 unspecified atom stereocenters. The van der Waals surface area contributed by atoms with E-state index in [1.165, 1.54) is 6.08 Å². The number of aryl methyl sites for hydroxylation is 1. The Morgan fingerprint density at radius 3 is 2.65 bits per heavy atom. The third-order valence-corrected chi connectivity index (χ3v) is 2.58. The molecule has 0 atom stereocenters. The molecule has 1 N–H and O–H groups in total. The molecule has 0 fully saturated rings. The van der Waals surface area contributed by atoms with Crippen molar-refractivity contribution in [3.05, 3.63) is 54.1 Å². The number of hydrogen-bond donors (Lipinski definition) is 1. The summed E-state index contributed by atoms with van der Waals surface area (Å²) >= 11 is 0. The van der Waals surface area contributed by atoms with E-state index in [1.807, 2.05) is 13.0 Å². The number of aliphatic imine (C=N–C) groups is 1. The van der Waals surface area contributed by atoms with E-state index >= 15 is 0 Å². The van der Waals surface area contributed by atoms with Gasteiger partial charge in [-0.25, -0.2) is 9.59 Å². The van der Waals surface area contributed by atoms with Crippen LogP contribution >= 0.6 is 0 Å². The maximum absolute atomic E-state index is 11.7. The molecule has 20 heavy (non-hydrogen) atoms. The summed E-state index contributed by atoms with van der Waals surface area (Å²) in [6.45, 7) is 1.81. The number of nitrogens with zero attached hydrogens (tertiary/aromatic N) is 1. The highest BCUT2D eigenvalue weighted by atomic mass is 16.6. The van der Waals surface area contributed by atoms with Gasteiger partial charge in [0.1, 0.15) is 5.75 Å². The van der Waals surface area contributed by atoms with Gasteiger partial charge in [0, 0.05) is 5.69 Å². The van der Waals surface area contributed by atoms with Gasteiger partial charge in [0.15, 0.2) is 0 Å². The molecule has 0 bridgehead atoms. The van der Waals surface area contributed by atoms with Gasteiger partial charge in [-0.15, -0.1) is 0 Å². The Labute approximate surface area is 115 Å². The van der Waals surface area contributed by atoms with E-state index in [-0.39, 0.29) is 0 Å². The average molecular weight is 268 g/mol. The molecule has 0 saturated heterocycles. The zero-order chi connectivity index (χ0) is 14.4. The maximum atomic E-state index is 11.7. The Balaban J connectivity index is 2.08. The fourth-order valence-corrected chi connectivity index (χ4v) is 1.60. The number of carbonyl (C=O) groups excluding carboxylic acids is 2. The van der Waals surface area contributed by atoms with E-state index in [0.717, 1.165) is 5.56 Å². The van der Waals surface area contributed by atoms with Crippen LogP contribution in [-0.2, 0) is 4.79 Å². The number of nitrogens with one attached hydrogen (secondary N) is 1. The Bertz CT molecular complexity index is 662. The number of para-hydroxylation sites is 1. The van der Waals surface area contributed by atoms with Gasteiger partial charge in [0.25, 0.3) is 0 Å². The highest BCUT2D eigenvalue weighted by Crippen LogP contribution is 2.22. The first-order valence-corrected chi connectivity index (χ1v) is 5.91. The van der Waals surface area contributed by atoms with E-state index in [9.17, 15) is 9.59 Å². The Hall–Kier alpha value is -2.91. The van der Waals surface area contributed by atoms with Crippen LogP contribution in [0.5, 0.6) is 5.75 Å². The first kappa shape index (κ1) is 13.5. The molecule has 5 nitrogen and oxygen atoms in total. The zero-order valence-electron chi connectivity index (χ0n) is 10.8. The fraction of sp³-hybridized carbons (Fsp3) is 0.0667. The van der Waals surface area contributed by atoms with Crippen LogP contribution < -0.4 is 10.1 Å². The number of hydrogen-bond acceptors (Lipinski definition) is 4. The maximum Gasteiger partial charge on any atom is 0.417 e. The van der Waals surface area contributed by atoms with Gasteiger partial charge < -0.3 is 4.74 Å². The molecular formula is C15H12N2O3. The lowest BCUT2D eigenvalue weighted by Gasteiger charge is -2.07. The topological polar surface area (TPSA) is 67.8 Å². The number of ether oxygens (including phenoxy) is 1. The summed E-state index contributed by atoms with van der Waals surface area (Å²) in [5.41, 5.74) is 1.76. The van der Waals surface area contributed by atoms with Crippen molar-refractivity contribution in [2.75, 3.05) is 5.32 Å². The lowest BCUT2D eigenvalue weighted by Crippen LogP contribution is -2.16. The van der Waals surface area contributed by atoms with Gasteiger partial charge in [-0.2, -0.15) is 4.99 Å². The second-order valence-corrected chi connectivity index (χ2v) is 4.03. The van der Waals surface area contributed by atoms with E-state index in [0.29, 0.717) is 17.1 Å². The summed E-state index contributed by atoms with van der Waals surface area (Å²) in [6.07, 6.45) is 0.866. The average Bonchev–Trinajstić information content (AvgIpc) is 2.44. The van der Waals surface area contributed by atoms with Gasteiger partial charge >= 0.3 is 6.09 Å². The number of carbonyl (C=O) groups is 1. The smallest absolute Gasteiger partial charge is 0.410 e. The van der Waals surface area contributed by atoms with E-state index in [4.69, 9.17) is 4.74 Å². The largest absolute Gasteiger partial charge is 0.417 e. The van der Waals surface area contributed by atoms with Crippen LogP contribution in [0, 0.1) is 6.92 Å². The first-order chi connectivity index (χ1) is 9.69. The van der Waals surface area contributed by atoms with Crippen LogP contribution in [0.2, 0.25) is 0 Å². The Morgan fingerprint density at radius 2 is 1.95 bits per heavy atom. The summed E-state index contributed by atoms with van der Waals surface area (Å²) in [4.78, 5) is 25.6. The monoisotopic (exact) mass is 268 g/mol. The van der Waals surface area contributed by atoms with Gasteiger partial charge in [0.05, 0.1) is 5.69 Å². The molecule has 5 heteroatoms. The molecular weight excluding hydrogens is 256 g/mol. The standard InChI is InChI=1S/C15H12N2O3/c1-11-7-8-12(9-14(11)16-10-18)17-15(19)20-13-5-3-2-4-6-13/h2-9H,1H3,(H,17,19). The van der Waals surface area contributed by atoms with Gasteiger partial charge in [-0.3, -0.25) is 5.32 Å². The van der Waals surface area contributed by atoms with Crippen LogP contribution in [-0.4, -0.2) is 12.2 Å². The van der Waals surface area contributed by atoms with Crippen molar-refractivity contribution < 1.29 is 14.3 Å². The van der Waals surface area contributed by atoms with Crippen molar-refractivity contribution in [1.82, 2.24) is 0 Å². The van der Waals surface area contributed by atoms with Crippen LogP contribution in [0.25, 0.3) is 0 Å². The van der Waals surface area contributed by atoms with Crippen molar-refractivity contribution in [2.24, 2.45) is 4.99 Å². The van der Waals surface area contributed by atoms with Gasteiger partial charge in [-0.1, -0.05) is 24.3 Å². The zero-order valence-corrected chi connectivity index (χ0v) is 10.8. The minimum absolute atomic E-state index is 0.447. The number of amides is 1. The summed E-state index contributed by atoms with van der Waals surface area (Å²) in [5.74, 6) is 0.447. The van der Waals surface area contributed by atoms with Crippen molar-refractivity contribution >= 4 is 23.5 Å². The van der Waals surface area contributed by atoms with E-state index in [2.05, 4.69) is 10.3 Å². The molecule has 0 heterocycles. The minimum atomic E-state index is -0.610. The quantitative estimate of drug-likeness (QED) is 0.683. The van der Waals surface area contributed by atoms with Gasteiger partial charge in [-0.05, 0) is 36.8 Å². The lowest BCUT2D eigenvalue weighted by molar-refractivity contribution is 0.215. The third kappa shape index (κ3) is 3.54. The van der Waals surface area contributed by atoms with Gasteiger partial charge in [0.2, 0.25) is 6.08 Å². The molecule has 0 aliphatic carbocycles. The number of isocyanates is 1. The van der Waals surface area contributed by atoms with Crippen LogP contribution in [0.4, 0.5) is 16.2 Å². The highest BCUT2D eigenvalue weighted by Gasteiger charge is 2.06. The molecule has 0 spiro atoms. The molecule has 2 aromatic rings. The summed E-state index contributed by atoms with van der Waals surface area (Å²) in [7, 11) is 0. The molecule has 0 aliphatic rings. The highest BCUT2D eigenvalue weighted by molar-refractivity contribution is 5.87.